The summed E-state index contributed by atoms with van der Waals surface area (Å²) in [6.07, 6.45) is -0.912. The summed E-state index contributed by atoms with van der Waals surface area (Å²) in [6.45, 7) is 1.11. The largest absolute Gasteiger partial charge is 0.368 e. The fourth-order valence-electron chi connectivity index (χ4n) is 0.298. The van der Waals surface area contributed by atoms with Crippen LogP contribution in [0.1, 0.15) is 6.92 Å². The number of rotatable bonds is 4. The molecular formula is C4H9NO4. The van der Waals surface area contributed by atoms with Crippen LogP contribution in [0.25, 0.3) is 0 Å². The van der Waals surface area contributed by atoms with Crippen LogP contribution < -0.4 is 0 Å². The first kappa shape index (κ1) is 8.32. The van der Waals surface area contributed by atoms with E-state index in [1.54, 1.807) is 0 Å². The van der Waals surface area contributed by atoms with Crippen molar-refractivity contribution >= 4 is 0 Å². The van der Waals surface area contributed by atoms with E-state index in [9.17, 15) is 10.1 Å². The standard InChI is InChI=1S/C4H9NO4/c1-4(6)9-3-2-5(7)8/h4,6H,2-3H2,1H3. The third kappa shape index (κ3) is 7.32. The summed E-state index contributed by atoms with van der Waals surface area (Å²) in [5, 5.41) is 18.0. The van der Waals surface area contributed by atoms with Gasteiger partial charge in [0.25, 0.3) is 0 Å². The molecule has 54 valence electrons. The van der Waals surface area contributed by atoms with Crippen molar-refractivity contribution in [3.8, 4) is 0 Å². The van der Waals surface area contributed by atoms with Crippen LogP contribution in [0.2, 0.25) is 0 Å². The molecule has 0 heterocycles. The quantitative estimate of drug-likeness (QED) is 0.324. The summed E-state index contributed by atoms with van der Waals surface area (Å²) in [4.78, 5) is 9.13. The Morgan fingerprint density at radius 1 is 1.89 bits per heavy atom. The van der Waals surface area contributed by atoms with Crippen LogP contribution in [-0.2, 0) is 4.74 Å². The van der Waals surface area contributed by atoms with E-state index in [1.165, 1.54) is 6.92 Å². The van der Waals surface area contributed by atoms with Crippen LogP contribution in [0.4, 0.5) is 0 Å². The third-order valence-electron chi connectivity index (χ3n) is 0.633. The van der Waals surface area contributed by atoms with Gasteiger partial charge in [-0.3, -0.25) is 10.1 Å². The van der Waals surface area contributed by atoms with Gasteiger partial charge in [-0.1, -0.05) is 0 Å². The Morgan fingerprint density at radius 3 is 2.78 bits per heavy atom. The molecule has 0 bridgehead atoms. The second-order valence-electron chi connectivity index (χ2n) is 1.53. The van der Waals surface area contributed by atoms with Crippen LogP contribution in [0, 0.1) is 10.1 Å². The molecule has 1 unspecified atom stereocenters. The van der Waals surface area contributed by atoms with E-state index in [2.05, 4.69) is 4.74 Å². The lowest BCUT2D eigenvalue weighted by Gasteiger charge is -2.01. The molecule has 0 amide bonds. The molecule has 0 aliphatic heterocycles. The molecule has 0 aliphatic rings. The highest BCUT2D eigenvalue weighted by atomic mass is 16.6. The fourth-order valence-corrected chi connectivity index (χ4v) is 0.298. The van der Waals surface area contributed by atoms with Crippen LogP contribution in [0.15, 0.2) is 0 Å². The van der Waals surface area contributed by atoms with Gasteiger partial charge in [-0.25, -0.2) is 0 Å². The zero-order valence-corrected chi connectivity index (χ0v) is 5.11. The van der Waals surface area contributed by atoms with Gasteiger partial charge in [0.15, 0.2) is 6.29 Å². The molecule has 9 heavy (non-hydrogen) atoms. The Bertz CT molecular complexity index is 92.6. The first-order valence-corrected chi connectivity index (χ1v) is 2.54. The van der Waals surface area contributed by atoms with Gasteiger partial charge in [-0.15, -0.1) is 0 Å². The molecule has 0 fully saturated rings. The SMILES string of the molecule is CC(O)OCC[N+](=O)[O-]. The molecule has 0 aliphatic carbocycles. The van der Waals surface area contributed by atoms with E-state index in [0.717, 1.165) is 0 Å². The maximum Gasteiger partial charge on any atom is 0.227 e. The number of hydrogen-bond donors (Lipinski definition) is 1. The predicted octanol–water partition coefficient (Wildman–Crippen LogP) is -0.382. The molecule has 0 rings (SSSR count). The van der Waals surface area contributed by atoms with Crippen molar-refractivity contribution in [2.45, 2.75) is 13.2 Å². The Labute approximate surface area is 52.4 Å². The topological polar surface area (TPSA) is 72.6 Å². The first-order chi connectivity index (χ1) is 4.13. The van der Waals surface area contributed by atoms with Crippen LogP contribution in [0.3, 0.4) is 0 Å². The molecule has 5 nitrogen and oxygen atoms in total. The van der Waals surface area contributed by atoms with Gasteiger partial charge in [-0.2, -0.15) is 0 Å². The van der Waals surface area contributed by atoms with Crippen LogP contribution >= 0.6 is 0 Å². The number of hydrogen-bond acceptors (Lipinski definition) is 4. The summed E-state index contributed by atoms with van der Waals surface area (Å²) in [5.74, 6) is 0. The summed E-state index contributed by atoms with van der Waals surface area (Å²) in [5.41, 5.74) is 0. The lowest BCUT2D eigenvalue weighted by atomic mass is 10.7. The highest BCUT2D eigenvalue weighted by molar-refractivity contribution is 4.27. The van der Waals surface area contributed by atoms with Gasteiger partial charge >= 0.3 is 0 Å². The molecule has 0 saturated carbocycles. The Balaban J connectivity index is 3.01. The highest BCUT2D eigenvalue weighted by Gasteiger charge is 1.98. The van der Waals surface area contributed by atoms with E-state index < -0.39 is 11.2 Å². The van der Waals surface area contributed by atoms with Crippen molar-refractivity contribution in [2.75, 3.05) is 13.2 Å². The number of aliphatic hydroxyl groups is 1. The normalized spacial score (nSPS) is 13.1. The molecule has 0 aromatic rings. The number of ether oxygens (including phenoxy) is 1. The van der Waals surface area contributed by atoms with Gasteiger partial charge in [0, 0.05) is 4.92 Å². The van der Waals surface area contributed by atoms with Crippen LogP contribution in [-0.4, -0.2) is 29.5 Å². The van der Waals surface area contributed by atoms with Gasteiger partial charge in [-0.05, 0) is 6.92 Å². The van der Waals surface area contributed by atoms with Crippen molar-refractivity contribution in [3.63, 3.8) is 0 Å². The van der Waals surface area contributed by atoms with Crippen molar-refractivity contribution in [1.82, 2.24) is 0 Å². The van der Waals surface area contributed by atoms with E-state index >= 15 is 0 Å². The van der Waals surface area contributed by atoms with Gasteiger partial charge < -0.3 is 9.84 Å². The minimum Gasteiger partial charge on any atom is -0.368 e. The van der Waals surface area contributed by atoms with Crippen molar-refractivity contribution in [2.24, 2.45) is 0 Å². The number of aliphatic hydroxyl groups excluding tert-OH is 1. The zero-order chi connectivity index (χ0) is 7.28. The minimum atomic E-state index is -0.912. The van der Waals surface area contributed by atoms with Crippen molar-refractivity contribution in [1.29, 1.82) is 0 Å². The maximum absolute atomic E-state index is 9.62. The van der Waals surface area contributed by atoms with Crippen LogP contribution in [0.5, 0.6) is 0 Å². The molecule has 0 spiro atoms. The Kier molecular flexibility index (Phi) is 3.90. The van der Waals surface area contributed by atoms with E-state index in [1.807, 2.05) is 0 Å². The Morgan fingerprint density at radius 2 is 2.44 bits per heavy atom. The molecular weight excluding hydrogens is 126 g/mol. The van der Waals surface area contributed by atoms with Gasteiger partial charge in [0.05, 0.1) is 0 Å². The summed E-state index contributed by atoms with van der Waals surface area (Å²) in [6, 6.07) is 0. The molecule has 1 N–H and O–H groups in total. The highest BCUT2D eigenvalue weighted by Crippen LogP contribution is 1.82. The molecule has 0 aromatic heterocycles. The van der Waals surface area contributed by atoms with E-state index in [0.29, 0.717) is 0 Å². The molecule has 5 heteroatoms. The van der Waals surface area contributed by atoms with Gasteiger partial charge in [0.2, 0.25) is 6.54 Å². The van der Waals surface area contributed by atoms with E-state index in [4.69, 9.17) is 5.11 Å². The second kappa shape index (κ2) is 4.22. The lowest BCUT2D eigenvalue weighted by Crippen LogP contribution is -2.14. The number of nitrogens with zero attached hydrogens (tertiary/aromatic N) is 1. The van der Waals surface area contributed by atoms with Crippen molar-refractivity contribution in [3.05, 3.63) is 10.1 Å². The average molecular weight is 135 g/mol. The summed E-state index contributed by atoms with van der Waals surface area (Å²) in [7, 11) is 0. The maximum atomic E-state index is 9.62. The van der Waals surface area contributed by atoms with Crippen molar-refractivity contribution < 1.29 is 14.8 Å². The Hall–Kier alpha value is -0.680. The minimum absolute atomic E-state index is 0.0370. The number of nitro groups is 1. The smallest absolute Gasteiger partial charge is 0.227 e. The summed E-state index contributed by atoms with van der Waals surface area (Å²) < 4.78 is 4.47. The summed E-state index contributed by atoms with van der Waals surface area (Å²) >= 11 is 0. The van der Waals surface area contributed by atoms with E-state index in [-0.39, 0.29) is 13.2 Å². The second-order valence-corrected chi connectivity index (χ2v) is 1.53. The predicted molar refractivity (Wildman–Crippen MR) is 29.5 cm³/mol. The van der Waals surface area contributed by atoms with Gasteiger partial charge in [0.1, 0.15) is 6.61 Å². The molecule has 0 radical (unpaired) electrons. The monoisotopic (exact) mass is 135 g/mol. The molecule has 0 aromatic carbocycles. The zero-order valence-electron chi connectivity index (χ0n) is 5.11. The third-order valence-corrected chi connectivity index (χ3v) is 0.633. The lowest BCUT2D eigenvalue weighted by molar-refractivity contribution is -0.485. The first-order valence-electron chi connectivity index (χ1n) is 2.54. The molecule has 1 atom stereocenters. The average Bonchev–Trinajstić information content (AvgIpc) is 1.63. The fraction of sp³-hybridized carbons (Fsp3) is 1.00. The molecule has 0 saturated heterocycles.